The lowest BCUT2D eigenvalue weighted by Crippen LogP contribution is -2.06. The molecule has 3 heteroatoms. The van der Waals surface area contributed by atoms with Gasteiger partial charge in [0.1, 0.15) is 0 Å². The van der Waals surface area contributed by atoms with Gasteiger partial charge < -0.3 is 14.9 Å². The van der Waals surface area contributed by atoms with Gasteiger partial charge in [0.25, 0.3) is 0 Å². The Balaban J connectivity index is 2.47. The number of hydrogen-bond acceptors (Lipinski definition) is 3. The van der Waals surface area contributed by atoms with Crippen LogP contribution in [0, 0.1) is 0 Å². The Labute approximate surface area is 141 Å². The minimum atomic E-state index is -0.121. The van der Waals surface area contributed by atoms with Gasteiger partial charge in [0, 0.05) is 12.2 Å². The third kappa shape index (κ3) is 7.74. The lowest BCUT2D eigenvalue weighted by molar-refractivity contribution is 0.0411. The fourth-order valence-electron chi connectivity index (χ4n) is 2.79. The molecule has 1 unspecified atom stereocenters. The second-order valence-corrected chi connectivity index (χ2v) is 6.34. The van der Waals surface area contributed by atoms with Crippen LogP contribution >= 0.6 is 0 Å². The van der Waals surface area contributed by atoms with Gasteiger partial charge in [-0.1, -0.05) is 77.3 Å². The highest BCUT2D eigenvalue weighted by Gasteiger charge is 2.17. The summed E-state index contributed by atoms with van der Waals surface area (Å²) in [7, 11) is 0. The molecule has 0 bridgehead atoms. The van der Waals surface area contributed by atoms with Crippen LogP contribution in [0.5, 0.6) is 11.5 Å². The standard InChI is InChI=1S/C20H34O3/c1-3-5-7-8-9-10-11-15-19(23-16-6-4-2)17-13-12-14-18(21)20(17)22/h12-14,19,21-22H,3-11,15-16H2,1-2H3. The Morgan fingerprint density at radius 1 is 0.870 bits per heavy atom. The zero-order valence-electron chi connectivity index (χ0n) is 14.9. The number of aromatic hydroxyl groups is 2. The third-order valence-corrected chi connectivity index (χ3v) is 4.28. The van der Waals surface area contributed by atoms with Gasteiger partial charge in [-0.15, -0.1) is 0 Å². The first-order valence-corrected chi connectivity index (χ1v) is 9.33. The predicted octanol–water partition coefficient (Wildman–Crippen LogP) is 6.10. The number of rotatable bonds is 13. The quantitative estimate of drug-likeness (QED) is 0.341. The van der Waals surface area contributed by atoms with Crippen LogP contribution in [-0.4, -0.2) is 16.8 Å². The first kappa shape index (κ1) is 19.8. The fraction of sp³-hybridized carbons (Fsp3) is 0.700. The van der Waals surface area contributed by atoms with Gasteiger partial charge >= 0.3 is 0 Å². The molecule has 0 amide bonds. The molecule has 1 aromatic rings. The molecule has 0 aliphatic heterocycles. The number of hydrogen-bond donors (Lipinski definition) is 2. The van der Waals surface area contributed by atoms with Crippen molar-refractivity contribution < 1.29 is 14.9 Å². The first-order valence-electron chi connectivity index (χ1n) is 9.33. The van der Waals surface area contributed by atoms with E-state index in [0.29, 0.717) is 12.2 Å². The summed E-state index contributed by atoms with van der Waals surface area (Å²) in [4.78, 5) is 0. The summed E-state index contributed by atoms with van der Waals surface area (Å²) in [6.07, 6.45) is 11.7. The predicted molar refractivity (Wildman–Crippen MR) is 96.0 cm³/mol. The maximum Gasteiger partial charge on any atom is 0.163 e. The van der Waals surface area contributed by atoms with Crippen molar-refractivity contribution in [2.75, 3.05) is 6.61 Å². The summed E-state index contributed by atoms with van der Waals surface area (Å²) in [6, 6.07) is 5.13. The molecule has 3 nitrogen and oxygen atoms in total. The summed E-state index contributed by atoms with van der Waals surface area (Å²) in [5, 5.41) is 19.8. The van der Waals surface area contributed by atoms with Crippen LogP contribution in [0.1, 0.15) is 89.7 Å². The van der Waals surface area contributed by atoms with Crippen LogP contribution in [0.2, 0.25) is 0 Å². The Bertz CT molecular complexity index is 417. The van der Waals surface area contributed by atoms with E-state index in [9.17, 15) is 10.2 Å². The average molecular weight is 322 g/mol. The van der Waals surface area contributed by atoms with E-state index < -0.39 is 0 Å². The second-order valence-electron chi connectivity index (χ2n) is 6.34. The molecule has 0 saturated heterocycles. The molecule has 0 aliphatic rings. The molecule has 0 aliphatic carbocycles. The molecule has 0 heterocycles. The van der Waals surface area contributed by atoms with E-state index in [2.05, 4.69) is 13.8 Å². The van der Waals surface area contributed by atoms with Crippen molar-refractivity contribution in [2.45, 2.75) is 84.2 Å². The van der Waals surface area contributed by atoms with Gasteiger partial charge in [-0.3, -0.25) is 0 Å². The van der Waals surface area contributed by atoms with Gasteiger partial charge in [0.05, 0.1) is 6.10 Å². The maximum absolute atomic E-state index is 10.1. The van der Waals surface area contributed by atoms with Gasteiger partial charge in [-0.25, -0.2) is 0 Å². The third-order valence-electron chi connectivity index (χ3n) is 4.28. The van der Waals surface area contributed by atoms with Crippen molar-refractivity contribution in [3.8, 4) is 11.5 Å². The van der Waals surface area contributed by atoms with Crippen LogP contribution in [-0.2, 0) is 4.74 Å². The van der Waals surface area contributed by atoms with Gasteiger partial charge in [-0.2, -0.15) is 0 Å². The van der Waals surface area contributed by atoms with E-state index in [0.717, 1.165) is 25.7 Å². The maximum atomic E-state index is 10.1. The van der Waals surface area contributed by atoms with Gasteiger partial charge in [0.2, 0.25) is 0 Å². The molecule has 23 heavy (non-hydrogen) atoms. The van der Waals surface area contributed by atoms with E-state index >= 15 is 0 Å². The van der Waals surface area contributed by atoms with E-state index in [-0.39, 0.29) is 17.6 Å². The van der Waals surface area contributed by atoms with Crippen molar-refractivity contribution >= 4 is 0 Å². The number of unbranched alkanes of at least 4 members (excludes halogenated alkanes) is 7. The number of phenols is 2. The Hall–Kier alpha value is -1.22. The minimum absolute atomic E-state index is 0.0306. The molecular weight excluding hydrogens is 288 g/mol. The summed E-state index contributed by atoms with van der Waals surface area (Å²) >= 11 is 0. The highest BCUT2D eigenvalue weighted by Crippen LogP contribution is 2.36. The first-order chi connectivity index (χ1) is 11.2. The Morgan fingerprint density at radius 2 is 1.52 bits per heavy atom. The van der Waals surface area contributed by atoms with Crippen LogP contribution < -0.4 is 0 Å². The zero-order valence-corrected chi connectivity index (χ0v) is 14.9. The van der Waals surface area contributed by atoms with Crippen molar-refractivity contribution in [2.24, 2.45) is 0 Å². The molecule has 1 rings (SSSR count). The van der Waals surface area contributed by atoms with E-state index in [1.165, 1.54) is 44.6 Å². The summed E-state index contributed by atoms with van der Waals surface area (Å²) in [5.41, 5.74) is 0.715. The Morgan fingerprint density at radius 3 is 2.22 bits per heavy atom. The van der Waals surface area contributed by atoms with Crippen molar-refractivity contribution in [1.29, 1.82) is 0 Å². The monoisotopic (exact) mass is 322 g/mol. The van der Waals surface area contributed by atoms with Crippen LogP contribution in [0.25, 0.3) is 0 Å². The SMILES string of the molecule is CCCCCCCCCC(OCCCC)c1cccc(O)c1O. The topological polar surface area (TPSA) is 49.7 Å². The van der Waals surface area contributed by atoms with Crippen LogP contribution in [0.3, 0.4) is 0 Å². The van der Waals surface area contributed by atoms with Crippen molar-refractivity contribution in [3.05, 3.63) is 23.8 Å². The smallest absolute Gasteiger partial charge is 0.163 e. The van der Waals surface area contributed by atoms with E-state index in [1.54, 1.807) is 6.07 Å². The fourth-order valence-corrected chi connectivity index (χ4v) is 2.79. The summed E-state index contributed by atoms with van der Waals surface area (Å²) < 4.78 is 5.98. The van der Waals surface area contributed by atoms with Crippen LogP contribution in [0.4, 0.5) is 0 Å². The second kappa shape index (κ2) is 12.2. The molecule has 0 saturated carbocycles. The number of para-hydroxylation sites is 1. The minimum Gasteiger partial charge on any atom is -0.504 e. The van der Waals surface area contributed by atoms with Crippen molar-refractivity contribution in [3.63, 3.8) is 0 Å². The molecule has 0 spiro atoms. The normalized spacial score (nSPS) is 12.4. The number of phenolic OH excluding ortho intramolecular Hbond substituents is 2. The average Bonchev–Trinajstić information content (AvgIpc) is 2.55. The summed E-state index contributed by atoms with van der Waals surface area (Å²) in [6.45, 7) is 5.08. The highest BCUT2D eigenvalue weighted by atomic mass is 16.5. The summed E-state index contributed by atoms with van der Waals surface area (Å²) in [5.74, 6) is -0.0944. The molecule has 1 atom stereocenters. The lowest BCUT2D eigenvalue weighted by atomic mass is 10.0. The molecule has 1 aromatic carbocycles. The van der Waals surface area contributed by atoms with E-state index in [4.69, 9.17) is 4.74 Å². The largest absolute Gasteiger partial charge is 0.504 e. The molecule has 0 fully saturated rings. The van der Waals surface area contributed by atoms with Crippen molar-refractivity contribution in [1.82, 2.24) is 0 Å². The molecule has 0 aromatic heterocycles. The Kier molecular flexibility index (Phi) is 10.5. The molecule has 2 N–H and O–H groups in total. The van der Waals surface area contributed by atoms with Crippen LogP contribution in [0.15, 0.2) is 18.2 Å². The highest BCUT2D eigenvalue weighted by molar-refractivity contribution is 5.45. The molecule has 132 valence electrons. The molecule has 0 radical (unpaired) electrons. The van der Waals surface area contributed by atoms with Gasteiger partial charge in [0.15, 0.2) is 11.5 Å². The van der Waals surface area contributed by atoms with E-state index in [1.807, 2.05) is 6.07 Å². The lowest BCUT2D eigenvalue weighted by Gasteiger charge is -2.20. The zero-order chi connectivity index (χ0) is 16.9. The van der Waals surface area contributed by atoms with Gasteiger partial charge in [-0.05, 0) is 18.9 Å². The molecular formula is C20H34O3. The number of ether oxygens (including phenoxy) is 1. The number of benzene rings is 1.